The second-order valence-corrected chi connectivity index (χ2v) is 2.90. The van der Waals surface area contributed by atoms with Crippen molar-refractivity contribution in [2.24, 2.45) is 16.5 Å². The molecule has 0 aliphatic heterocycles. The molecule has 0 aliphatic rings. The molecule has 0 spiro atoms. The number of benzene rings is 1. The highest BCUT2D eigenvalue weighted by molar-refractivity contribution is 5.85. The van der Waals surface area contributed by atoms with E-state index >= 15 is 0 Å². The molecule has 1 aromatic rings. The number of aliphatic imine (C=N–C) groups is 1. The quantitative estimate of drug-likeness (QED) is 0.422. The summed E-state index contributed by atoms with van der Waals surface area (Å²) < 4.78 is 0. The number of guanidine groups is 1. The lowest BCUT2D eigenvalue weighted by Gasteiger charge is -2.06. The summed E-state index contributed by atoms with van der Waals surface area (Å²) in [5.41, 5.74) is 17.9. The smallest absolute Gasteiger partial charge is 0.186 e. The van der Waals surface area contributed by atoms with Gasteiger partial charge in [-0.25, -0.2) is 4.99 Å². The van der Waals surface area contributed by atoms with Crippen LogP contribution in [0.2, 0.25) is 0 Å². The number of hydrogen-bond donors (Lipinski definition) is 3. The summed E-state index contributed by atoms with van der Waals surface area (Å²) >= 11 is 0. The zero-order valence-corrected chi connectivity index (χ0v) is 10.0. The summed E-state index contributed by atoms with van der Waals surface area (Å²) in [6.07, 6.45) is 0. The summed E-state index contributed by atoms with van der Waals surface area (Å²) in [5, 5.41) is 0. The van der Waals surface area contributed by atoms with Gasteiger partial charge in [0.1, 0.15) is 0 Å². The summed E-state index contributed by atoms with van der Waals surface area (Å²) in [5.74, 6) is 0.101. The second-order valence-electron chi connectivity index (χ2n) is 2.90. The number of halogens is 2. The summed E-state index contributed by atoms with van der Waals surface area (Å²) in [4.78, 5) is 4.01. The Bertz CT molecular complexity index is 306. The van der Waals surface area contributed by atoms with Crippen molar-refractivity contribution < 1.29 is 0 Å². The zero-order valence-electron chi connectivity index (χ0n) is 8.38. The molecule has 1 rings (SSSR count). The van der Waals surface area contributed by atoms with E-state index in [2.05, 4.69) is 4.99 Å². The first kappa shape index (κ1) is 16.3. The Hall–Kier alpha value is -1.13. The van der Waals surface area contributed by atoms with Gasteiger partial charge in [-0.1, -0.05) is 12.1 Å². The molecule has 6 N–H and O–H groups in total. The molecule has 0 saturated heterocycles. The number of rotatable bonds is 2. The van der Waals surface area contributed by atoms with E-state index in [1.807, 2.05) is 31.2 Å². The molecule has 0 heterocycles. The minimum atomic E-state index is -0.0226. The van der Waals surface area contributed by atoms with Crippen LogP contribution in [0.15, 0.2) is 29.3 Å². The monoisotopic (exact) mass is 250 g/mol. The van der Waals surface area contributed by atoms with Gasteiger partial charge in [-0.2, -0.15) is 0 Å². The fourth-order valence-corrected chi connectivity index (χ4v) is 1.07. The topological polar surface area (TPSA) is 90.4 Å². The third-order valence-electron chi connectivity index (χ3n) is 1.76. The van der Waals surface area contributed by atoms with E-state index < -0.39 is 0 Å². The van der Waals surface area contributed by atoms with Crippen molar-refractivity contribution >= 4 is 36.5 Å². The van der Waals surface area contributed by atoms with Crippen LogP contribution in [0.25, 0.3) is 0 Å². The van der Waals surface area contributed by atoms with Crippen LogP contribution in [0.5, 0.6) is 0 Å². The van der Waals surface area contributed by atoms with E-state index in [0.29, 0.717) is 0 Å². The molecule has 4 nitrogen and oxygen atoms in total. The van der Waals surface area contributed by atoms with Gasteiger partial charge in [0.05, 0.1) is 6.04 Å². The van der Waals surface area contributed by atoms with Crippen LogP contribution in [-0.2, 0) is 0 Å². The predicted octanol–water partition coefficient (Wildman–Crippen LogP) is 1.45. The average molecular weight is 251 g/mol. The average Bonchev–Trinajstić information content (AvgIpc) is 2.04. The molecule has 0 amide bonds. The molecule has 0 aliphatic carbocycles. The van der Waals surface area contributed by atoms with Gasteiger partial charge in [-0.15, -0.1) is 24.8 Å². The minimum Gasteiger partial charge on any atom is -0.399 e. The first-order valence-corrected chi connectivity index (χ1v) is 4.04. The first-order valence-electron chi connectivity index (χ1n) is 4.04. The maximum atomic E-state index is 5.54. The molecule has 6 heteroatoms. The van der Waals surface area contributed by atoms with Crippen LogP contribution < -0.4 is 17.2 Å². The third-order valence-corrected chi connectivity index (χ3v) is 1.76. The highest BCUT2D eigenvalue weighted by Crippen LogP contribution is 2.17. The van der Waals surface area contributed by atoms with E-state index in [0.717, 1.165) is 11.3 Å². The molecule has 0 bridgehead atoms. The Morgan fingerprint density at radius 3 is 2.00 bits per heavy atom. The summed E-state index contributed by atoms with van der Waals surface area (Å²) in [6, 6.07) is 7.45. The predicted molar refractivity (Wildman–Crippen MR) is 69.6 cm³/mol. The van der Waals surface area contributed by atoms with Gasteiger partial charge in [-0.3, -0.25) is 0 Å². The lowest BCUT2D eigenvalue weighted by Crippen LogP contribution is -2.23. The van der Waals surface area contributed by atoms with Gasteiger partial charge >= 0.3 is 0 Å². The van der Waals surface area contributed by atoms with Crippen molar-refractivity contribution in [3.8, 4) is 0 Å². The van der Waals surface area contributed by atoms with E-state index in [9.17, 15) is 0 Å². The van der Waals surface area contributed by atoms with E-state index in [1.54, 1.807) is 0 Å². The number of nitrogens with zero attached hydrogens (tertiary/aromatic N) is 1. The van der Waals surface area contributed by atoms with E-state index in [4.69, 9.17) is 17.2 Å². The van der Waals surface area contributed by atoms with Crippen LogP contribution in [0.4, 0.5) is 5.69 Å². The lowest BCUT2D eigenvalue weighted by molar-refractivity contribution is 0.816. The van der Waals surface area contributed by atoms with Gasteiger partial charge in [0.25, 0.3) is 0 Å². The van der Waals surface area contributed by atoms with Crippen molar-refractivity contribution in [3.63, 3.8) is 0 Å². The molecule has 1 atom stereocenters. The van der Waals surface area contributed by atoms with Crippen LogP contribution in [0.1, 0.15) is 18.5 Å². The number of nitrogens with two attached hydrogens (primary N) is 3. The Morgan fingerprint density at radius 2 is 1.60 bits per heavy atom. The van der Waals surface area contributed by atoms with Gasteiger partial charge in [0.15, 0.2) is 5.96 Å². The molecule has 0 aromatic heterocycles. The molecule has 86 valence electrons. The highest BCUT2D eigenvalue weighted by Gasteiger charge is 2.02. The van der Waals surface area contributed by atoms with Crippen LogP contribution >= 0.6 is 24.8 Å². The number of anilines is 1. The lowest BCUT2D eigenvalue weighted by atomic mass is 10.1. The van der Waals surface area contributed by atoms with E-state index in [-0.39, 0.29) is 36.8 Å². The Labute approximate surface area is 102 Å². The molecular weight excluding hydrogens is 235 g/mol. The van der Waals surface area contributed by atoms with Gasteiger partial charge in [0, 0.05) is 5.69 Å². The standard InChI is InChI=1S/C9H14N4.2ClH/c1-6(13-9(11)12)7-2-4-8(10)5-3-7;;/h2-6H,10H2,1H3,(H4,11,12,13);2*1H. The van der Waals surface area contributed by atoms with Crippen LogP contribution in [0.3, 0.4) is 0 Å². The Balaban J connectivity index is 0. The van der Waals surface area contributed by atoms with Gasteiger partial charge in [0.2, 0.25) is 0 Å². The minimum absolute atomic E-state index is 0. The maximum absolute atomic E-state index is 5.54. The molecular formula is C9H16Cl2N4. The van der Waals surface area contributed by atoms with Crippen molar-refractivity contribution in [2.45, 2.75) is 13.0 Å². The normalized spacial score (nSPS) is 10.5. The van der Waals surface area contributed by atoms with Crippen molar-refractivity contribution in [1.29, 1.82) is 0 Å². The van der Waals surface area contributed by atoms with Crippen LogP contribution in [-0.4, -0.2) is 5.96 Å². The SMILES string of the molecule is CC(N=C(N)N)c1ccc(N)cc1.Cl.Cl. The summed E-state index contributed by atoms with van der Waals surface area (Å²) in [6.45, 7) is 1.92. The molecule has 15 heavy (non-hydrogen) atoms. The molecule has 1 unspecified atom stereocenters. The second kappa shape index (κ2) is 7.20. The highest BCUT2D eigenvalue weighted by atomic mass is 35.5. The fraction of sp³-hybridized carbons (Fsp3) is 0.222. The number of nitrogen functional groups attached to an aromatic ring is 1. The number of hydrogen-bond acceptors (Lipinski definition) is 2. The zero-order chi connectivity index (χ0) is 9.84. The summed E-state index contributed by atoms with van der Waals surface area (Å²) in [7, 11) is 0. The van der Waals surface area contributed by atoms with Crippen LogP contribution in [0, 0.1) is 0 Å². The van der Waals surface area contributed by atoms with E-state index in [1.165, 1.54) is 0 Å². The Kier molecular flexibility index (Phi) is 7.83. The Morgan fingerprint density at radius 1 is 1.13 bits per heavy atom. The van der Waals surface area contributed by atoms with Gasteiger partial charge < -0.3 is 17.2 Å². The first-order chi connectivity index (χ1) is 6.09. The molecule has 0 saturated carbocycles. The van der Waals surface area contributed by atoms with Gasteiger partial charge in [-0.05, 0) is 24.6 Å². The third kappa shape index (κ3) is 5.34. The largest absolute Gasteiger partial charge is 0.399 e. The fourth-order valence-electron chi connectivity index (χ4n) is 1.07. The molecule has 1 aromatic carbocycles. The van der Waals surface area contributed by atoms with Crippen molar-refractivity contribution in [1.82, 2.24) is 0 Å². The molecule has 0 fully saturated rings. The molecule has 0 radical (unpaired) electrons. The van der Waals surface area contributed by atoms with Crippen molar-refractivity contribution in [2.75, 3.05) is 5.73 Å². The maximum Gasteiger partial charge on any atom is 0.186 e. The van der Waals surface area contributed by atoms with Crippen molar-refractivity contribution in [3.05, 3.63) is 29.8 Å².